The van der Waals surface area contributed by atoms with E-state index in [9.17, 15) is 0 Å². The van der Waals surface area contributed by atoms with E-state index in [1.807, 2.05) is 24.2 Å². The first kappa shape index (κ1) is 4.39. The molecule has 0 fully saturated rings. The molecule has 0 aromatic carbocycles. The van der Waals surface area contributed by atoms with Gasteiger partial charge in [0.05, 0.1) is 5.25 Å². The van der Waals surface area contributed by atoms with E-state index in [0.717, 1.165) is 0 Å². The molecule has 0 radical (unpaired) electrons. The summed E-state index contributed by atoms with van der Waals surface area (Å²) >= 11 is 1.81. The van der Waals surface area contributed by atoms with Crippen molar-refractivity contribution in [1.29, 1.82) is 0 Å². The van der Waals surface area contributed by atoms with E-state index in [4.69, 9.17) is 0 Å². The molecular weight excluding hydrogens is 118 g/mol. The van der Waals surface area contributed by atoms with Crippen LogP contribution in [0.4, 0.5) is 0 Å². The first-order valence-corrected chi connectivity index (χ1v) is 3.46. The van der Waals surface area contributed by atoms with Crippen LogP contribution < -0.4 is 0 Å². The second-order valence-corrected chi connectivity index (χ2v) is 2.84. The molecule has 0 N–H and O–H groups in total. The van der Waals surface area contributed by atoms with E-state index in [1.54, 1.807) is 0 Å². The molecule has 0 saturated heterocycles. The second kappa shape index (κ2) is 1.49. The number of allylic oxidation sites excluding steroid dienone is 1. The molecule has 0 bridgehead atoms. The van der Waals surface area contributed by atoms with Gasteiger partial charge in [-0.2, -0.15) is 0 Å². The van der Waals surface area contributed by atoms with E-state index in [0.29, 0.717) is 5.25 Å². The fourth-order valence-corrected chi connectivity index (χ4v) is 1.66. The van der Waals surface area contributed by atoms with Crippen LogP contribution in [0.1, 0.15) is 0 Å². The Kier molecular flexibility index (Phi) is 0.815. The lowest BCUT2D eigenvalue weighted by molar-refractivity contribution is 1.48. The molecule has 0 aromatic rings. The van der Waals surface area contributed by atoms with Gasteiger partial charge in [0, 0.05) is 12.4 Å². The molecule has 1 unspecified atom stereocenters. The number of thioether (sulfide) groups is 1. The van der Waals surface area contributed by atoms with Crippen LogP contribution in [0, 0.1) is 0 Å². The molecule has 1 atom stereocenters. The van der Waals surface area contributed by atoms with Crippen molar-refractivity contribution >= 4 is 18.0 Å². The fraction of sp³-hybridized carbons (Fsp3) is 0.167. The van der Waals surface area contributed by atoms with Gasteiger partial charge >= 0.3 is 0 Å². The van der Waals surface area contributed by atoms with Gasteiger partial charge in [-0.3, -0.25) is 4.99 Å². The average Bonchev–Trinajstić information content (AvgIpc) is 2.15. The zero-order valence-corrected chi connectivity index (χ0v) is 5.06. The molecule has 0 spiro atoms. The maximum atomic E-state index is 4.01. The molecule has 0 saturated carbocycles. The zero-order valence-electron chi connectivity index (χ0n) is 4.24. The third-order valence-corrected chi connectivity index (χ3v) is 2.24. The van der Waals surface area contributed by atoms with Crippen molar-refractivity contribution in [3.63, 3.8) is 0 Å². The molecule has 1 nitrogen and oxygen atoms in total. The molecule has 0 aromatic heterocycles. The van der Waals surface area contributed by atoms with E-state index >= 15 is 0 Å². The van der Waals surface area contributed by atoms with Crippen LogP contribution in [0.3, 0.4) is 0 Å². The summed E-state index contributed by atoms with van der Waals surface area (Å²) in [5.74, 6) is 0. The van der Waals surface area contributed by atoms with Crippen LogP contribution in [0.15, 0.2) is 28.2 Å². The van der Waals surface area contributed by atoms with Gasteiger partial charge in [-0.1, -0.05) is 0 Å². The van der Waals surface area contributed by atoms with Gasteiger partial charge in [-0.15, -0.1) is 11.8 Å². The maximum absolute atomic E-state index is 4.01. The Morgan fingerprint density at radius 3 is 3.50 bits per heavy atom. The Labute approximate surface area is 52.2 Å². The largest absolute Gasteiger partial charge is 0.267 e. The predicted molar refractivity (Wildman–Crippen MR) is 37.1 cm³/mol. The molecule has 8 heavy (non-hydrogen) atoms. The molecule has 2 aliphatic rings. The summed E-state index contributed by atoms with van der Waals surface area (Å²) in [5.41, 5.74) is 1.34. The summed E-state index contributed by atoms with van der Waals surface area (Å²) in [4.78, 5) is 4.01. The highest BCUT2D eigenvalue weighted by molar-refractivity contribution is 8.03. The van der Waals surface area contributed by atoms with Crippen LogP contribution >= 0.6 is 11.8 Å². The third kappa shape index (κ3) is 0.464. The van der Waals surface area contributed by atoms with Crippen molar-refractivity contribution in [2.45, 2.75) is 5.25 Å². The first-order valence-electron chi connectivity index (χ1n) is 2.52. The quantitative estimate of drug-likeness (QED) is 0.476. The SMILES string of the molecule is C1=CC2=CN=CC2S1. The van der Waals surface area contributed by atoms with Crippen LogP contribution in [-0.2, 0) is 0 Å². The summed E-state index contributed by atoms with van der Waals surface area (Å²) in [6, 6.07) is 0. The third-order valence-electron chi connectivity index (χ3n) is 1.26. The standard InChI is InChI=1S/C6H5NS/c1-2-8-6-4-7-3-5(1)6/h1-4,6H. The lowest BCUT2D eigenvalue weighted by atomic mass is 10.2. The van der Waals surface area contributed by atoms with E-state index in [1.165, 1.54) is 5.57 Å². The second-order valence-electron chi connectivity index (χ2n) is 1.79. The monoisotopic (exact) mass is 123 g/mol. The Morgan fingerprint density at radius 2 is 2.62 bits per heavy atom. The van der Waals surface area contributed by atoms with Crippen LogP contribution in [0.25, 0.3) is 0 Å². The van der Waals surface area contributed by atoms with E-state index in [2.05, 4.69) is 16.5 Å². The Bertz CT molecular complexity index is 191. The predicted octanol–water partition coefficient (Wildman–Crippen LogP) is 1.58. The highest BCUT2D eigenvalue weighted by Crippen LogP contribution is 2.30. The number of rotatable bonds is 0. The Hall–Kier alpha value is -0.500. The zero-order chi connectivity index (χ0) is 5.40. The lowest BCUT2D eigenvalue weighted by Crippen LogP contribution is -1.95. The molecule has 2 rings (SSSR count). The highest BCUT2D eigenvalue weighted by atomic mass is 32.2. The van der Waals surface area contributed by atoms with Gasteiger partial charge in [0.1, 0.15) is 0 Å². The molecule has 0 amide bonds. The van der Waals surface area contributed by atoms with Gasteiger partial charge in [0.15, 0.2) is 0 Å². The molecular formula is C6H5NS. The summed E-state index contributed by atoms with van der Waals surface area (Å²) in [7, 11) is 0. The number of hydrogen-bond acceptors (Lipinski definition) is 2. The smallest absolute Gasteiger partial charge is 0.0706 e. The van der Waals surface area contributed by atoms with Gasteiger partial charge in [0.25, 0.3) is 0 Å². The number of aliphatic imine (C=N–C) groups is 1. The van der Waals surface area contributed by atoms with Gasteiger partial charge < -0.3 is 0 Å². The molecule has 40 valence electrons. The molecule has 2 heterocycles. The minimum atomic E-state index is 0.551. The molecule has 2 heteroatoms. The fourth-order valence-electron chi connectivity index (χ4n) is 0.821. The number of fused-ring (bicyclic) bond motifs is 1. The average molecular weight is 123 g/mol. The summed E-state index contributed by atoms with van der Waals surface area (Å²) < 4.78 is 0. The normalized spacial score (nSPS) is 31.0. The van der Waals surface area contributed by atoms with Crippen LogP contribution in [0.5, 0.6) is 0 Å². The van der Waals surface area contributed by atoms with Crippen molar-refractivity contribution in [2.75, 3.05) is 0 Å². The Morgan fingerprint density at radius 1 is 1.62 bits per heavy atom. The minimum Gasteiger partial charge on any atom is -0.267 e. The lowest BCUT2D eigenvalue weighted by Gasteiger charge is -1.93. The van der Waals surface area contributed by atoms with Crippen LogP contribution in [-0.4, -0.2) is 11.5 Å². The van der Waals surface area contributed by atoms with Gasteiger partial charge in [0.2, 0.25) is 0 Å². The number of nitrogens with zero attached hydrogens (tertiary/aromatic N) is 1. The highest BCUT2D eigenvalue weighted by Gasteiger charge is 2.16. The van der Waals surface area contributed by atoms with Crippen molar-refractivity contribution < 1.29 is 0 Å². The summed E-state index contributed by atoms with van der Waals surface area (Å²) in [5, 5.41) is 2.66. The van der Waals surface area contributed by atoms with E-state index < -0.39 is 0 Å². The first-order chi connectivity index (χ1) is 3.97. The number of hydrogen-bond donors (Lipinski definition) is 0. The van der Waals surface area contributed by atoms with Crippen molar-refractivity contribution in [3.05, 3.63) is 23.3 Å². The summed E-state index contributed by atoms with van der Waals surface area (Å²) in [6.45, 7) is 0. The van der Waals surface area contributed by atoms with Gasteiger partial charge in [-0.05, 0) is 17.1 Å². The van der Waals surface area contributed by atoms with Crippen LogP contribution in [0.2, 0.25) is 0 Å². The molecule has 0 aliphatic carbocycles. The van der Waals surface area contributed by atoms with Crippen molar-refractivity contribution in [1.82, 2.24) is 0 Å². The molecule has 2 aliphatic heterocycles. The Balaban J connectivity index is 2.39. The van der Waals surface area contributed by atoms with Crippen molar-refractivity contribution in [2.24, 2.45) is 4.99 Å². The summed E-state index contributed by atoms with van der Waals surface area (Å²) in [6.07, 6.45) is 6.00. The van der Waals surface area contributed by atoms with E-state index in [-0.39, 0.29) is 0 Å². The minimum absolute atomic E-state index is 0.551. The van der Waals surface area contributed by atoms with Crippen molar-refractivity contribution in [3.8, 4) is 0 Å². The maximum Gasteiger partial charge on any atom is 0.0706 e. The topological polar surface area (TPSA) is 12.4 Å². The van der Waals surface area contributed by atoms with Gasteiger partial charge in [-0.25, -0.2) is 0 Å².